The van der Waals surface area contributed by atoms with Crippen LogP contribution in [0.2, 0.25) is 0 Å². The van der Waals surface area contributed by atoms with Gasteiger partial charge in [0.1, 0.15) is 6.04 Å². The first-order valence-electron chi connectivity index (χ1n) is 9.15. The van der Waals surface area contributed by atoms with Crippen LogP contribution in [0.15, 0.2) is 47.3 Å². The fourth-order valence-corrected chi connectivity index (χ4v) is 4.50. The highest BCUT2D eigenvalue weighted by Gasteiger charge is 2.22. The van der Waals surface area contributed by atoms with Crippen LogP contribution in [0.3, 0.4) is 0 Å². The number of amides is 1. The fraction of sp³-hybridized carbons (Fsp3) is 0.227. The molecule has 0 saturated carbocycles. The SMILES string of the molecule is Cc1ccc(C)c(NC(=O)[C@@H](C)n2nc(C)c3sc4ccccc4c3c2=O)c1. The molecule has 0 spiro atoms. The van der Waals surface area contributed by atoms with Crippen molar-refractivity contribution in [3.8, 4) is 0 Å². The van der Waals surface area contributed by atoms with Crippen LogP contribution < -0.4 is 10.9 Å². The fourth-order valence-electron chi connectivity index (χ4n) is 3.36. The highest BCUT2D eigenvalue weighted by Crippen LogP contribution is 2.33. The molecule has 28 heavy (non-hydrogen) atoms. The predicted octanol–water partition coefficient (Wildman–Crippen LogP) is 4.74. The van der Waals surface area contributed by atoms with E-state index in [1.54, 1.807) is 18.3 Å². The zero-order valence-electron chi connectivity index (χ0n) is 16.2. The maximum Gasteiger partial charge on any atom is 0.276 e. The lowest BCUT2D eigenvalue weighted by molar-refractivity contribution is -0.119. The van der Waals surface area contributed by atoms with Gasteiger partial charge in [0.15, 0.2) is 0 Å². The standard InChI is InChI=1S/C22H21N3O2S/c1-12-9-10-13(2)17(11-12)23-21(26)15(4)25-22(27)19-16-7-5-6-8-18(16)28-20(19)14(3)24-25/h5-11,15H,1-4H3,(H,23,26)/t15-/m1/s1. The molecule has 142 valence electrons. The van der Waals surface area contributed by atoms with Crippen molar-refractivity contribution in [1.29, 1.82) is 0 Å². The monoisotopic (exact) mass is 391 g/mol. The summed E-state index contributed by atoms with van der Waals surface area (Å²) >= 11 is 1.56. The van der Waals surface area contributed by atoms with E-state index in [4.69, 9.17) is 0 Å². The Morgan fingerprint density at radius 3 is 2.68 bits per heavy atom. The van der Waals surface area contributed by atoms with Crippen LogP contribution in [0.4, 0.5) is 5.69 Å². The number of aryl methyl sites for hydroxylation is 3. The maximum atomic E-state index is 13.2. The number of thiophene rings is 1. The number of aromatic nitrogens is 2. The molecule has 2 heterocycles. The van der Waals surface area contributed by atoms with E-state index in [0.717, 1.165) is 37.3 Å². The second kappa shape index (κ2) is 6.87. The van der Waals surface area contributed by atoms with Crippen molar-refractivity contribution >= 4 is 43.1 Å². The van der Waals surface area contributed by atoms with Crippen LogP contribution in [-0.2, 0) is 4.79 Å². The molecular weight excluding hydrogens is 370 g/mol. The molecule has 1 N–H and O–H groups in total. The Balaban J connectivity index is 1.79. The highest BCUT2D eigenvalue weighted by molar-refractivity contribution is 7.26. The number of hydrogen-bond acceptors (Lipinski definition) is 4. The van der Waals surface area contributed by atoms with Crippen molar-refractivity contribution in [1.82, 2.24) is 9.78 Å². The van der Waals surface area contributed by atoms with Gasteiger partial charge in [-0.1, -0.05) is 30.3 Å². The molecule has 1 amide bonds. The zero-order chi connectivity index (χ0) is 20.0. The molecule has 0 unspecified atom stereocenters. The second-order valence-electron chi connectivity index (χ2n) is 7.12. The number of anilines is 1. The van der Waals surface area contributed by atoms with E-state index in [1.807, 2.05) is 63.2 Å². The quantitative estimate of drug-likeness (QED) is 0.549. The average Bonchev–Trinajstić information content (AvgIpc) is 3.07. The van der Waals surface area contributed by atoms with Crippen LogP contribution in [0.25, 0.3) is 20.2 Å². The summed E-state index contributed by atoms with van der Waals surface area (Å²) in [6, 6.07) is 13.0. The van der Waals surface area contributed by atoms with E-state index in [0.29, 0.717) is 5.39 Å². The Morgan fingerprint density at radius 2 is 1.89 bits per heavy atom. The summed E-state index contributed by atoms with van der Waals surface area (Å²) in [6.07, 6.45) is 0. The summed E-state index contributed by atoms with van der Waals surface area (Å²) in [4.78, 5) is 26.1. The van der Waals surface area contributed by atoms with Gasteiger partial charge in [0, 0.05) is 15.8 Å². The van der Waals surface area contributed by atoms with Gasteiger partial charge in [-0.05, 0) is 51.0 Å². The zero-order valence-corrected chi connectivity index (χ0v) is 17.1. The van der Waals surface area contributed by atoms with Crippen LogP contribution >= 0.6 is 11.3 Å². The predicted molar refractivity (Wildman–Crippen MR) is 115 cm³/mol. The minimum Gasteiger partial charge on any atom is -0.324 e. The molecule has 0 aliphatic heterocycles. The van der Waals surface area contributed by atoms with Gasteiger partial charge in [-0.3, -0.25) is 9.59 Å². The summed E-state index contributed by atoms with van der Waals surface area (Å²) in [5.41, 5.74) is 3.31. The van der Waals surface area contributed by atoms with Crippen molar-refractivity contribution in [2.24, 2.45) is 0 Å². The number of carbonyl (C=O) groups excluding carboxylic acids is 1. The van der Waals surface area contributed by atoms with E-state index >= 15 is 0 Å². The third kappa shape index (κ3) is 2.99. The Labute approximate surface area is 166 Å². The van der Waals surface area contributed by atoms with Crippen LogP contribution in [0.1, 0.15) is 29.8 Å². The molecule has 6 heteroatoms. The summed E-state index contributed by atoms with van der Waals surface area (Å²) in [6.45, 7) is 7.50. The molecule has 0 fully saturated rings. The third-order valence-electron chi connectivity index (χ3n) is 5.00. The van der Waals surface area contributed by atoms with Crippen LogP contribution in [0.5, 0.6) is 0 Å². The molecule has 5 nitrogen and oxygen atoms in total. The normalized spacial score (nSPS) is 12.4. The molecule has 0 bridgehead atoms. The molecule has 0 aliphatic carbocycles. The van der Waals surface area contributed by atoms with E-state index in [2.05, 4.69) is 10.4 Å². The smallest absolute Gasteiger partial charge is 0.276 e. The number of fused-ring (bicyclic) bond motifs is 3. The van der Waals surface area contributed by atoms with Crippen molar-refractivity contribution in [2.45, 2.75) is 33.7 Å². The number of benzene rings is 2. The lowest BCUT2D eigenvalue weighted by Gasteiger charge is -2.16. The summed E-state index contributed by atoms with van der Waals surface area (Å²) in [7, 11) is 0. The molecule has 0 aliphatic rings. The van der Waals surface area contributed by atoms with Crippen LogP contribution in [-0.4, -0.2) is 15.7 Å². The number of nitrogens with zero attached hydrogens (tertiary/aromatic N) is 2. The molecule has 0 radical (unpaired) electrons. The van der Waals surface area contributed by atoms with Gasteiger partial charge in [-0.2, -0.15) is 5.10 Å². The lowest BCUT2D eigenvalue weighted by Crippen LogP contribution is -2.34. The molecule has 2 aromatic carbocycles. The van der Waals surface area contributed by atoms with Crippen molar-refractivity contribution in [3.63, 3.8) is 0 Å². The topological polar surface area (TPSA) is 64.0 Å². The molecule has 2 aromatic heterocycles. The van der Waals surface area contributed by atoms with Gasteiger partial charge < -0.3 is 5.32 Å². The van der Waals surface area contributed by atoms with Crippen LogP contribution in [0, 0.1) is 20.8 Å². The van der Waals surface area contributed by atoms with E-state index in [1.165, 1.54) is 4.68 Å². The summed E-state index contributed by atoms with van der Waals surface area (Å²) in [5.74, 6) is -0.262. The number of hydrogen-bond donors (Lipinski definition) is 1. The van der Waals surface area contributed by atoms with Gasteiger partial charge in [-0.15, -0.1) is 11.3 Å². The van der Waals surface area contributed by atoms with Gasteiger partial charge in [0.2, 0.25) is 5.91 Å². The average molecular weight is 391 g/mol. The Kier molecular flexibility index (Phi) is 4.51. The first kappa shape index (κ1) is 18.4. The third-order valence-corrected chi connectivity index (χ3v) is 6.28. The van der Waals surface area contributed by atoms with E-state index in [-0.39, 0.29) is 11.5 Å². The first-order valence-corrected chi connectivity index (χ1v) is 9.97. The maximum absolute atomic E-state index is 13.2. The van der Waals surface area contributed by atoms with E-state index in [9.17, 15) is 9.59 Å². The van der Waals surface area contributed by atoms with Crippen molar-refractivity contribution < 1.29 is 4.79 Å². The summed E-state index contributed by atoms with van der Waals surface area (Å²) < 4.78 is 3.23. The Bertz CT molecular complexity index is 1290. The van der Waals surface area contributed by atoms with Gasteiger partial charge in [0.25, 0.3) is 5.56 Å². The van der Waals surface area contributed by atoms with Gasteiger partial charge in [0.05, 0.1) is 15.8 Å². The van der Waals surface area contributed by atoms with Gasteiger partial charge in [-0.25, -0.2) is 4.68 Å². The summed E-state index contributed by atoms with van der Waals surface area (Å²) in [5, 5.41) is 8.94. The second-order valence-corrected chi connectivity index (χ2v) is 8.17. The molecule has 4 rings (SSSR count). The first-order chi connectivity index (χ1) is 13.4. The molecule has 0 saturated heterocycles. The minimum absolute atomic E-state index is 0.235. The van der Waals surface area contributed by atoms with Gasteiger partial charge >= 0.3 is 0 Å². The minimum atomic E-state index is -0.728. The molecular formula is C22H21N3O2S. The van der Waals surface area contributed by atoms with E-state index < -0.39 is 6.04 Å². The highest BCUT2D eigenvalue weighted by atomic mass is 32.1. The lowest BCUT2D eigenvalue weighted by atomic mass is 10.1. The Morgan fingerprint density at radius 1 is 1.14 bits per heavy atom. The number of rotatable bonds is 3. The Hall–Kier alpha value is -2.99. The number of nitrogens with one attached hydrogen (secondary N) is 1. The largest absolute Gasteiger partial charge is 0.324 e. The molecule has 4 aromatic rings. The van der Waals surface area contributed by atoms with Crippen molar-refractivity contribution in [2.75, 3.05) is 5.32 Å². The number of carbonyl (C=O) groups is 1. The van der Waals surface area contributed by atoms with Crippen molar-refractivity contribution in [3.05, 3.63) is 69.6 Å². The molecule has 1 atom stereocenters.